The van der Waals surface area contributed by atoms with Gasteiger partial charge in [-0.2, -0.15) is 0 Å². The minimum Gasteiger partial charge on any atom is -0.756 e. The predicted molar refractivity (Wildman–Crippen MR) is 414 cm³/mol. The monoisotopic (exact) mass is 1340 g/mol. The smallest absolute Gasteiger partial charge is 0.306 e. The Labute approximate surface area is 588 Å². The topological polar surface area (TPSA) is 111 Å². The summed E-state index contributed by atoms with van der Waals surface area (Å²) >= 11 is 0. The zero-order chi connectivity index (χ0) is 69.7. The molecule has 0 spiro atoms. The van der Waals surface area contributed by atoms with E-state index in [0.29, 0.717) is 23.9 Å². The van der Waals surface area contributed by atoms with E-state index in [2.05, 4.69) is 245 Å². The molecule has 0 saturated heterocycles. The van der Waals surface area contributed by atoms with Crippen LogP contribution in [0, 0.1) is 0 Å². The van der Waals surface area contributed by atoms with Gasteiger partial charge in [-0.1, -0.05) is 303 Å². The van der Waals surface area contributed by atoms with Gasteiger partial charge in [0.15, 0.2) is 6.10 Å². The number of ether oxygens (including phenoxy) is 2. The van der Waals surface area contributed by atoms with E-state index in [1.54, 1.807) is 0 Å². The highest BCUT2D eigenvalue weighted by Gasteiger charge is 2.22. The number of allylic oxidation sites excluding steroid dienone is 38. The second kappa shape index (κ2) is 73.3. The molecule has 0 aliphatic heterocycles. The lowest BCUT2D eigenvalue weighted by Crippen LogP contribution is -2.37. The van der Waals surface area contributed by atoms with Crippen molar-refractivity contribution in [3.05, 3.63) is 231 Å². The van der Waals surface area contributed by atoms with Gasteiger partial charge in [-0.05, 0) is 161 Å². The van der Waals surface area contributed by atoms with Gasteiger partial charge in [0, 0.05) is 12.8 Å². The Morgan fingerprint density at radius 3 is 0.844 bits per heavy atom. The van der Waals surface area contributed by atoms with Gasteiger partial charge in [-0.25, -0.2) is 0 Å². The van der Waals surface area contributed by atoms with Crippen LogP contribution in [0.4, 0.5) is 0 Å². The Morgan fingerprint density at radius 2 is 0.562 bits per heavy atom. The third-order valence-electron chi connectivity index (χ3n) is 14.7. The van der Waals surface area contributed by atoms with Crippen LogP contribution >= 0.6 is 7.82 Å². The van der Waals surface area contributed by atoms with Crippen molar-refractivity contribution in [2.24, 2.45) is 0 Å². The van der Waals surface area contributed by atoms with Crippen molar-refractivity contribution < 1.29 is 42.1 Å². The van der Waals surface area contributed by atoms with Crippen molar-refractivity contribution >= 4 is 19.8 Å². The van der Waals surface area contributed by atoms with Crippen molar-refractivity contribution in [1.29, 1.82) is 0 Å². The van der Waals surface area contributed by atoms with Gasteiger partial charge in [0.1, 0.15) is 19.8 Å². The minimum absolute atomic E-state index is 0.0513. The zero-order valence-electron chi connectivity index (χ0n) is 61.0. The largest absolute Gasteiger partial charge is 0.756 e. The number of nitrogens with zero attached hydrogens (tertiary/aromatic N) is 1. The van der Waals surface area contributed by atoms with E-state index in [4.69, 9.17) is 18.5 Å². The van der Waals surface area contributed by atoms with Gasteiger partial charge in [0.2, 0.25) is 0 Å². The fourth-order valence-corrected chi connectivity index (χ4v) is 9.82. The Bertz CT molecular complexity index is 2480. The zero-order valence-corrected chi connectivity index (χ0v) is 61.9. The molecule has 10 heteroatoms. The van der Waals surface area contributed by atoms with Crippen LogP contribution in [0.25, 0.3) is 0 Å². The molecular formula is C86H134NO8P. The summed E-state index contributed by atoms with van der Waals surface area (Å²) in [5.74, 6) is -0.894. The van der Waals surface area contributed by atoms with E-state index in [0.717, 1.165) is 167 Å². The maximum absolute atomic E-state index is 12.9. The summed E-state index contributed by atoms with van der Waals surface area (Å²) in [6.45, 7) is 3.94. The molecule has 0 rings (SSSR count). The lowest BCUT2D eigenvalue weighted by atomic mass is 10.1. The number of rotatable bonds is 65. The highest BCUT2D eigenvalue weighted by atomic mass is 31.2. The molecule has 0 radical (unpaired) electrons. The van der Waals surface area contributed by atoms with Crippen LogP contribution in [-0.2, 0) is 32.7 Å². The third-order valence-corrected chi connectivity index (χ3v) is 15.6. The van der Waals surface area contributed by atoms with Crippen LogP contribution in [0.2, 0.25) is 0 Å². The van der Waals surface area contributed by atoms with Crippen LogP contribution in [0.3, 0.4) is 0 Å². The fourth-order valence-electron chi connectivity index (χ4n) is 9.09. The van der Waals surface area contributed by atoms with Crippen molar-refractivity contribution in [2.75, 3.05) is 47.5 Å². The van der Waals surface area contributed by atoms with Crippen LogP contribution < -0.4 is 4.89 Å². The molecule has 0 aromatic rings. The van der Waals surface area contributed by atoms with E-state index >= 15 is 0 Å². The summed E-state index contributed by atoms with van der Waals surface area (Å²) in [7, 11) is 1.11. The summed E-state index contributed by atoms with van der Waals surface area (Å²) in [5, 5.41) is 0. The average Bonchev–Trinajstić information content (AvgIpc) is 2.72. The molecule has 96 heavy (non-hydrogen) atoms. The van der Waals surface area contributed by atoms with Crippen molar-refractivity contribution in [3.63, 3.8) is 0 Å². The van der Waals surface area contributed by atoms with E-state index in [1.165, 1.54) is 38.5 Å². The molecule has 0 aromatic carbocycles. The Hall–Kier alpha value is -5.93. The van der Waals surface area contributed by atoms with E-state index in [9.17, 15) is 19.0 Å². The predicted octanol–water partition coefficient (Wildman–Crippen LogP) is 24.3. The normalized spacial score (nSPS) is 14.4. The number of hydrogen-bond acceptors (Lipinski definition) is 8. The first kappa shape index (κ1) is 90.1. The van der Waals surface area contributed by atoms with Crippen LogP contribution in [0.1, 0.15) is 245 Å². The maximum Gasteiger partial charge on any atom is 0.306 e. The van der Waals surface area contributed by atoms with Gasteiger partial charge < -0.3 is 27.9 Å². The second-order valence-electron chi connectivity index (χ2n) is 24.8. The van der Waals surface area contributed by atoms with Gasteiger partial charge in [0.05, 0.1) is 27.7 Å². The number of carbonyl (C=O) groups excluding carboxylic acids is 2. The standard InChI is InChI=1S/C86H134NO8P/c1-6-8-10-12-14-16-18-20-22-24-26-28-30-32-34-36-38-40-42-43-45-47-49-51-53-55-57-59-61-63-65-67-69-71-73-75-77-79-86(89)95-84(83-94-96(90,91)93-81-80-87(3,4)5)82-92-85(88)78-76-74-72-70-68-66-64-62-60-58-56-54-52-50-48-46-44-41-39-37-35-33-31-29-27-25-23-21-19-17-15-13-11-9-7-2/h8-11,14-17,20-23,26-29,32-35,38-41,43,45-46,48-49,51-52,54-55,57,61,63,67,69,84H,6-7,12-13,18-19,24-25,30-31,36-37,42,44,47,50,53,56,58-60,62,64-66,68,70-83H2,1-5H3/b10-8-,11-9-,16-14-,17-15-,22-20-,23-21-,28-26-,29-27-,34-32-,35-33-,40-38-,41-39-,45-43-,48-46-,51-49-,54-52-,57-55-,63-61-,69-67-. The summed E-state index contributed by atoms with van der Waals surface area (Å²) < 4.78 is 34.3. The summed E-state index contributed by atoms with van der Waals surface area (Å²) in [5.41, 5.74) is 0. The molecule has 9 nitrogen and oxygen atoms in total. The summed E-state index contributed by atoms with van der Waals surface area (Å²) in [4.78, 5) is 38.1. The molecule has 0 N–H and O–H groups in total. The molecule has 2 atom stereocenters. The van der Waals surface area contributed by atoms with E-state index < -0.39 is 32.5 Å². The van der Waals surface area contributed by atoms with Crippen LogP contribution in [-0.4, -0.2) is 70.0 Å². The Balaban J connectivity index is 4.21. The number of phosphoric ester groups is 1. The fraction of sp³-hybridized carbons (Fsp3) is 0.535. The molecule has 0 heterocycles. The molecule has 0 amide bonds. The van der Waals surface area contributed by atoms with Crippen molar-refractivity contribution in [1.82, 2.24) is 0 Å². The van der Waals surface area contributed by atoms with Crippen LogP contribution in [0.5, 0.6) is 0 Å². The molecule has 0 aliphatic rings. The molecule has 0 bridgehead atoms. The van der Waals surface area contributed by atoms with Crippen molar-refractivity contribution in [3.8, 4) is 0 Å². The van der Waals surface area contributed by atoms with Crippen LogP contribution in [0.15, 0.2) is 231 Å². The number of carbonyl (C=O) groups is 2. The summed E-state index contributed by atoms with van der Waals surface area (Å²) in [6, 6.07) is 0. The van der Waals surface area contributed by atoms with E-state index in [1.807, 2.05) is 21.1 Å². The van der Waals surface area contributed by atoms with Crippen molar-refractivity contribution in [2.45, 2.75) is 251 Å². The molecule has 2 unspecified atom stereocenters. The molecular weight excluding hydrogens is 1210 g/mol. The molecule has 536 valence electrons. The first-order valence-corrected chi connectivity index (χ1v) is 38.6. The van der Waals surface area contributed by atoms with Gasteiger partial charge in [0.25, 0.3) is 7.82 Å². The average molecular weight is 1340 g/mol. The first-order valence-electron chi connectivity index (χ1n) is 37.1. The number of esters is 2. The quantitative estimate of drug-likeness (QED) is 0.0195. The molecule has 0 fully saturated rings. The maximum atomic E-state index is 12.9. The first-order chi connectivity index (χ1) is 47.0. The number of unbranched alkanes of at least 4 members (excludes halogenated alkanes) is 13. The lowest BCUT2D eigenvalue weighted by Gasteiger charge is -2.28. The minimum atomic E-state index is -4.67. The summed E-state index contributed by atoms with van der Waals surface area (Å²) in [6.07, 6.45) is 118. The highest BCUT2D eigenvalue weighted by molar-refractivity contribution is 7.45. The number of phosphoric acid groups is 1. The number of quaternary nitrogens is 1. The molecule has 0 aromatic heterocycles. The number of likely N-dealkylation sites (N-methyl/N-ethyl adjacent to an activating group) is 1. The van der Waals surface area contributed by atoms with Gasteiger partial charge >= 0.3 is 11.9 Å². The molecule has 0 saturated carbocycles. The second-order valence-corrected chi connectivity index (χ2v) is 26.2. The SMILES string of the molecule is CC/C=C\C/C=C\C/C=C\C/C=C\C/C=C\C/C=C\C/C=C\C/C=C\C/C=C\C/C=C\C/C=C\CCCCCC(=O)OC(COC(=O)CCCCCCCCCCCC/C=C\C/C=C\C/C=C\C/C=C\C/C=C\C/C=C\C/C=C\C/C=C\CC)COP(=O)([O-])OCC[N+](C)(C)C. The Kier molecular flexibility index (Phi) is 68.8. The Morgan fingerprint density at radius 1 is 0.323 bits per heavy atom. The number of hydrogen-bond donors (Lipinski definition) is 0. The highest BCUT2D eigenvalue weighted by Crippen LogP contribution is 2.38. The van der Waals surface area contributed by atoms with Gasteiger partial charge in [-0.3, -0.25) is 14.2 Å². The third kappa shape index (κ3) is 77.1. The molecule has 0 aliphatic carbocycles. The van der Waals surface area contributed by atoms with E-state index in [-0.39, 0.29) is 26.1 Å². The van der Waals surface area contributed by atoms with Gasteiger partial charge in [-0.15, -0.1) is 0 Å². The lowest BCUT2D eigenvalue weighted by molar-refractivity contribution is -0.870.